The molecule has 2 unspecified atom stereocenters. The second-order valence-electron chi connectivity index (χ2n) is 6.07. The van der Waals surface area contributed by atoms with Gasteiger partial charge in [-0.05, 0) is 39.3 Å². The van der Waals surface area contributed by atoms with Crippen LogP contribution >= 0.6 is 0 Å². The highest BCUT2D eigenvalue weighted by Gasteiger charge is 2.38. The van der Waals surface area contributed by atoms with E-state index in [1.54, 1.807) is 0 Å². The summed E-state index contributed by atoms with van der Waals surface area (Å²) >= 11 is 0. The highest BCUT2D eigenvalue weighted by atomic mass is 16.5. The van der Waals surface area contributed by atoms with Crippen molar-refractivity contribution in [2.75, 3.05) is 7.05 Å². The maximum atomic E-state index is 6.39. The van der Waals surface area contributed by atoms with Crippen molar-refractivity contribution in [3.63, 3.8) is 0 Å². The van der Waals surface area contributed by atoms with E-state index in [0.717, 1.165) is 37.2 Å². The fraction of sp³-hybridized carbons (Fsp3) is 0.667. The van der Waals surface area contributed by atoms with E-state index >= 15 is 0 Å². The number of benzene rings is 1. The lowest BCUT2D eigenvalue weighted by atomic mass is 9.83. The summed E-state index contributed by atoms with van der Waals surface area (Å²) in [5.41, 5.74) is 1.18. The summed E-state index contributed by atoms with van der Waals surface area (Å²) in [6, 6.07) is 6.62. The van der Waals surface area contributed by atoms with Crippen molar-refractivity contribution in [3.8, 4) is 11.5 Å². The van der Waals surface area contributed by atoms with Crippen LogP contribution in [0.15, 0.2) is 18.2 Å². The van der Waals surface area contributed by atoms with E-state index in [0.29, 0.717) is 6.04 Å². The van der Waals surface area contributed by atoms with E-state index in [1.165, 1.54) is 5.56 Å². The van der Waals surface area contributed by atoms with Gasteiger partial charge in [-0.15, -0.1) is 0 Å². The Bertz CT molecular complexity index is 468. The largest absolute Gasteiger partial charge is 0.491 e. The molecule has 0 aliphatic carbocycles. The summed E-state index contributed by atoms with van der Waals surface area (Å²) in [5, 5.41) is 3.43. The second kappa shape index (κ2) is 6.69. The van der Waals surface area contributed by atoms with Gasteiger partial charge in [-0.25, -0.2) is 0 Å². The molecular weight excluding hydrogens is 262 g/mol. The quantitative estimate of drug-likeness (QED) is 0.839. The molecule has 1 N–H and O–H groups in total. The molecule has 1 aliphatic rings. The molecule has 0 spiro atoms. The lowest BCUT2D eigenvalue weighted by Gasteiger charge is -2.41. The van der Waals surface area contributed by atoms with Crippen molar-refractivity contribution in [2.45, 2.75) is 71.1 Å². The minimum atomic E-state index is -0.0598. The third kappa shape index (κ3) is 3.34. The third-order valence-corrected chi connectivity index (χ3v) is 4.81. The van der Waals surface area contributed by atoms with E-state index in [9.17, 15) is 0 Å². The lowest BCUT2D eigenvalue weighted by Crippen LogP contribution is -2.42. The molecule has 2 atom stereocenters. The highest BCUT2D eigenvalue weighted by molar-refractivity contribution is 5.44. The molecule has 0 amide bonds. The maximum Gasteiger partial charge on any atom is 0.128 e. The molecule has 21 heavy (non-hydrogen) atoms. The van der Waals surface area contributed by atoms with Crippen LogP contribution in [0.2, 0.25) is 0 Å². The molecule has 0 bridgehead atoms. The number of hydrogen-bond donors (Lipinski definition) is 1. The smallest absolute Gasteiger partial charge is 0.128 e. The van der Waals surface area contributed by atoms with Gasteiger partial charge in [0.2, 0.25) is 0 Å². The van der Waals surface area contributed by atoms with Crippen molar-refractivity contribution in [3.05, 3.63) is 23.8 Å². The molecular formula is C18H29NO2. The fourth-order valence-electron chi connectivity index (χ4n) is 2.98. The van der Waals surface area contributed by atoms with E-state index in [-0.39, 0.29) is 11.7 Å². The van der Waals surface area contributed by atoms with Crippen molar-refractivity contribution in [2.24, 2.45) is 0 Å². The first kappa shape index (κ1) is 16.2. The molecule has 2 rings (SSSR count). The Morgan fingerprint density at radius 1 is 1.33 bits per heavy atom. The first-order valence-electron chi connectivity index (χ1n) is 8.24. The van der Waals surface area contributed by atoms with Crippen molar-refractivity contribution in [1.82, 2.24) is 5.32 Å². The van der Waals surface area contributed by atoms with E-state index < -0.39 is 0 Å². The van der Waals surface area contributed by atoms with E-state index in [1.807, 2.05) is 7.05 Å². The van der Waals surface area contributed by atoms with Crippen LogP contribution in [0.1, 0.15) is 65.0 Å². The predicted octanol–water partition coefficient (Wildman–Crippen LogP) is 4.47. The van der Waals surface area contributed by atoms with Gasteiger partial charge in [0.05, 0.1) is 6.10 Å². The van der Waals surface area contributed by atoms with Gasteiger partial charge in [-0.3, -0.25) is 0 Å². The highest BCUT2D eigenvalue weighted by Crippen LogP contribution is 2.44. The summed E-state index contributed by atoms with van der Waals surface area (Å²) in [5.74, 6) is 1.88. The van der Waals surface area contributed by atoms with Gasteiger partial charge in [0.1, 0.15) is 17.1 Å². The first-order valence-corrected chi connectivity index (χ1v) is 8.24. The third-order valence-electron chi connectivity index (χ3n) is 4.81. The normalized spacial score (nSPS) is 21.3. The number of ether oxygens (including phenoxy) is 2. The Balaban J connectivity index is 2.32. The van der Waals surface area contributed by atoms with Gasteiger partial charge in [0.25, 0.3) is 0 Å². The SMILES string of the molecule is CCC(C)Oc1ccc2c(c1)OC(CC)(CC)CC2NC. The van der Waals surface area contributed by atoms with Crippen molar-refractivity contribution in [1.29, 1.82) is 0 Å². The van der Waals surface area contributed by atoms with Gasteiger partial charge in [0, 0.05) is 24.1 Å². The number of nitrogens with one attached hydrogen (secondary N) is 1. The lowest BCUT2D eigenvalue weighted by molar-refractivity contribution is 0.0235. The first-order chi connectivity index (χ1) is 10.1. The summed E-state index contributed by atoms with van der Waals surface area (Å²) in [6.45, 7) is 8.65. The molecule has 1 aromatic rings. The van der Waals surface area contributed by atoms with Crippen molar-refractivity contribution < 1.29 is 9.47 Å². The Hall–Kier alpha value is -1.22. The molecule has 0 radical (unpaired) electrons. The average Bonchev–Trinajstić information content (AvgIpc) is 2.53. The molecule has 1 aliphatic heterocycles. The van der Waals surface area contributed by atoms with Crippen LogP contribution < -0.4 is 14.8 Å². The Morgan fingerprint density at radius 3 is 2.62 bits per heavy atom. The Kier molecular flexibility index (Phi) is 5.15. The monoisotopic (exact) mass is 291 g/mol. The van der Waals surface area contributed by atoms with Crippen LogP contribution in [0.4, 0.5) is 0 Å². The number of fused-ring (bicyclic) bond motifs is 1. The molecule has 1 heterocycles. The molecule has 3 heteroatoms. The average molecular weight is 291 g/mol. The molecule has 0 saturated heterocycles. The van der Waals surface area contributed by atoms with Crippen LogP contribution in [0.5, 0.6) is 11.5 Å². The maximum absolute atomic E-state index is 6.39. The molecule has 3 nitrogen and oxygen atoms in total. The van der Waals surface area contributed by atoms with Crippen LogP contribution in [-0.4, -0.2) is 18.8 Å². The standard InChI is InChI=1S/C18H29NO2/c1-6-13(4)20-14-9-10-15-16(19-5)12-18(7-2,8-3)21-17(15)11-14/h9-11,13,16,19H,6-8,12H2,1-5H3. The zero-order chi connectivity index (χ0) is 15.5. The minimum Gasteiger partial charge on any atom is -0.491 e. The molecule has 0 saturated carbocycles. The summed E-state index contributed by atoms with van der Waals surface area (Å²) in [4.78, 5) is 0. The Labute approximate surface area is 129 Å². The zero-order valence-corrected chi connectivity index (χ0v) is 14.0. The molecule has 0 fully saturated rings. The van der Waals surface area contributed by atoms with Gasteiger partial charge >= 0.3 is 0 Å². The topological polar surface area (TPSA) is 30.5 Å². The number of rotatable bonds is 6. The van der Waals surface area contributed by atoms with Crippen LogP contribution in [-0.2, 0) is 0 Å². The molecule has 118 valence electrons. The predicted molar refractivity (Wildman–Crippen MR) is 87.2 cm³/mol. The second-order valence-corrected chi connectivity index (χ2v) is 6.07. The molecule has 0 aromatic heterocycles. The van der Waals surface area contributed by atoms with Gasteiger partial charge in [0.15, 0.2) is 0 Å². The zero-order valence-electron chi connectivity index (χ0n) is 14.0. The summed E-state index contributed by atoms with van der Waals surface area (Å²) < 4.78 is 12.3. The van der Waals surface area contributed by atoms with Crippen molar-refractivity contribution >= 4 is 0 Å². The summed E-state index contributed by atoms with van der Waals surface area (Å²) in [6.07, 6.45) is 4.31. The van der Waals surface area contributed by atoms with E-state index in [2.05, 4.69) is 51.2 Å². The minimum absolute atomic E-state index is 0.0598. The van der Waals surface area contributed by atoms with Gasteiger partial charge in [-0.2, -0.15) is 0 Å². The van der Waals surface area contributed by atoms with E-state index in [4.69, 9.17) is 9.47 Å². The fourth-order valence-corrected chi connectivity index (χ4v) is 2.98. The Morgan fingerprint density at radius 2 is 2.05 bits per heavy atom. The van der Waals surface area contributed by atoms with Gasteiger partial charge < -0.3 is 14.8 Å². The summed E-state index contributed by atoms with van der Waals surface area (Å²) in [7, 11) is 2.03. The molecule has 1 aromatic carbocycles. The van der Waals surface area contributed by atoms with Crippen LogP contribution in [0, 0.1) is 0 Å². The van der Waals surface area contributed by atoms with Gasteiger partial charge in [-0.1, -0.05) is 26.8 Å². The number of hydrogen-bond acceptors (Lipinski definition) is 3. The van der Waals surface area contributed by atoms with Crippen LogP contribution in [0.3, 0.4) is 0 Å². The van der Waals surface area contributed by atoms with Crippen LogP contribution in [0.25, 0.3) is 0 Å².